The van der Waals surface area contributed by atoms with E-state index in [-0.39, 0.29) is 0 Å². The molecule has 2 aromatic rings. The number of rotatable bonds is 6. The molecular formula is C14H19BrN2S2. The van der Waals surface area contributed by atoms with Gasteiger partial charge in [-0.3, -0.25) is 0 Å². The minimum Gasteiger partial charge on any atom is -0.309 e. The molecule has 2 nitrogen and oxygen atoms in total. The summed E-state index contributed by atoms with van der Waals surface area (Å²) < 4.78 is 1.22. The lowest BCUT2D eigenvalue weighted by atomic mass is 10.1. The molecular weight excluding hydrogens is 340 g/mol. The Kier molecular flexibility index (Phi) is 5.57. The number of nitrogens with zero attached hydrogens (tertiary/aromatic N) is 1. The Morgan fingerprint density at radius 2 is 2.21 bits per heavy atom. The van der Waals surface area contributed by atoms with Gasteiger partial charge in [-0.1, -0.05) is 6.92 Å². The quantitative estimate of drug-likeness (QED) is 0.796. The molecule has 0 saturated carbocycles. The van der Waals surface area contributed by atoms with Crippen molar-refractivity contribution >= 4 is 38.6 Å². The van der Waals surface area contributed by atoms with Gasteiger partial charge in [0, 0.05) is 26.7 Å². The van der Waals surface area contributed by atoms with E-state index in [1.807, 2.05) is 22.7 Å². The molecule has 0 bridgehead atoms. The van der Waals surface area contributed by atoms with Crippen LogP contribution in [0.1, 0.15) is 39.8 Å². The van der Waals surface area contributed by atoms with Crippen LogP contribution in [0.5, 0.6) is 0 Å². The summed E-state index contributed by atoms with van der Waals surface area (Å²) in [6.45, 7) is 7.45. The van der Waals surface area contributed by atoms with E-state index in [1.54, 1.807) is 0 Å². The van der Waals surface area contributed by atoms with Crippen molar-refractivity contribution in [1.29, 1.82) is 0 Å². The topological polar surface area (TPSA) is 24.9 Å². The van der Waals surface area contributed by atoms with Crippen LogP contribution in [0, 0.1) is 13.8 Å². The maximum Gasteiger partial charge on any atom is 0.0900 e. The molecule has 1 unspecified atom stereocenters. The lowest BCUT2D eigenvalue weighted by Gasteiger charge is -2.17. The van der Waals surface area contributed by atoms with Crippen LogP contribution in [0.4, 0.5) is 0 Å². The van der Waals surface area contributed by atoms with E-state index in [4.69, 9.17) is 0 Å². The highest BCUT2D eigenvalue weighted by atomic mass is 79.9. The van der Waals surface area contributed by atoms with Crippen LogP contribution in [0.2, 0.25) is 0 Å². The predicted molar refractivity (Wildman–Crippen MR) is 88.3 cm³/mol. The van der Waals surface area contributed by atoms with Crippen molar-refractivity contribution in [2.75, 3.05) is 6.54 Å². The van der Waals surface area contributed by atoms with E-state index in [9.17, 15) is 0 Å². The number of aryl methyl sites for hydroxylation is 2. The molecule has 5 heteroatoms. The van der Waals surface area contributed by atoms with E-state index in [1.165, 1.54) is 19.9 Å². The molecule has 2 aromatic heterocycles. The third kappa shape index (κ3) is 3.88. The summed E-state index contributed by atoms with van der Waals surface area (Å²) >= 11 is 7.26. The van der Waals surface area contributed by atoms with Crippen molar-refractivity contribution in [3.05, 3.63) is 36.4 Å². The van der Waals surface area contributed by atoms with E-state index >= 15 is 0 Å². The van der Waals surface area contributed by atoms with Crippen LogP contribution in [-0.4, -0.2) is 11.5 Å². The first-order valence-corrected chi connectivity index (χ1v) is 9.00. The zero-order valence-electron chi connectivity index (χ0n) is 11.5. The third-order valence-electron chi connectivity index (χ3n) is 2.98. The van der Waals surface area contributed by atoms with Crippen molar-refractivity contribution in [1.82, 2.24) is 10.3 Å². The summed E-state index contributed by atoms with van der Waals surface area (Å²) in [5.74, 6) is 0. The fourth-order valence-corrected chi connectivity index (χ4v) is 4.67. The molecule has 2 heterocycles. The van der Waals surface area contributed by atoms with Crippen LogP contribution in [0.15, 0.2) is 15.9 Å². The summed E-state index contributed by atoms with van der Waals surface area (Å²) in [7, 11) is 0. The van der Waals surface area contributed by atoms with Gasteiger partial charge < -0.3 is 5.32 Å². The minimum absolute atomic E-state index is 0.376. The molecule has 0 fully saturated rings. The van der Waals surface area contributed by atoms with E-state index in [0.717, 1.165) is 24.4 Å². The molecule has 0 amide bonds. The first kappa shape index (κ1) is 15.2. The van der Waals surface area contributed by atoms with E-state index in [0.29, 0.717) is 6.04 Å². The molecule has 104 valence electrons. The lowest BCUT2D eigenvalue weighted by Crippen LogP contribution is -2.23. The Morgan fingerprint density at radius 1 is 1.42 bits per heavy atom. The number of thiazole rings is 1. The van der Waals surface area contributed by atoms with Gasteiger partial charge >= 0.3 is 0 Å². The van der Waals surface area contributed by atoms with Crippen LogP contribution in [-0.2, 0) is 6.42 Å². The fraction of sp³-hybridized carbons (Fsp3) is 0.500. The number of aromatic nitrogens is 1. The Morgan fingerprint density at radius 3 is 2.74 bits per heavy atom. The van der Waals surface area contributed by atoms with Gasteiger partial charge in [-0.05, 0) is 54.2 Å². The summed E-state index contributed by atoms with van der Waals surface area (Å²) in [6.07, 6.45) is 2.18. The molecule has 0 aromatic carbocycles. The van der Waals surface area contributed by atoms with Crippen molar-refractivity contribution in [2.24, 2.45) is 0 Å². The smallest absolute Gasteiger partial charge is 0.0900 e. The van der Waals surface area contributed by atoms with E-state index < -0.39 is 0 Å². The zero-order chi connectivity index (χ0) is 13.8. The molecule has 0 aliphatic carbocycles. The Hall–Kier alpha value is -0.230. The van der Waals surface area contributed by atoms with Crippen molar-refractivity contribution in [3.63, 3.8) is 0 Å². The summed E-state index contributed by atoms with van der Waals surface area (Å²) in [6, 6.07) is 2.50. The Labute approximate surface area is 131 Å². The number of halogens is 1. The van der Waals surface area contributed by atoms with Gasteiger partial charge in [0.05, 0.1) is 10.7 Å². The third-order valence-corrected chi connectivity index (χ3v) is 6.11. The highest BCUT2D eigenvalue weighted by Gasteiger charge is 2.19. The van der Waals surface area contributed by atoms with Gasteiger partial charge in [0.15, 0.2) is 0 Å². The normalized spacial score (nSPS) is 12.8. The first-order valence-electron chi connectivity index (χ1n) is 6.51. The second-order valence-corrected chi connectivity index (χ2v) is 7.67. The summed E-state index contributed by atoms with van der Waals surface area (Å²) in [5.41, 5.74) is 1.17. The SMILES string of the molecule is CCCNC(Cc1sccc1Br)c1sc(C)nc1C. The number of nitrogens with one attached hydrogen (secondary N) is 1. The van der Waals surface area contributed by atoms with Gasteiger partial charge in [0.25, 0.3) is 0 Å². The molecule has 1 N–H and O–H groups in total. The summed E-state index contributed by atoms with van der Waals surface area (Å²) in [4.78, 5) is 7.34. The lowest BCUT2D eigenvalue weighted by molar-refractivity contribution is 0.536. The number of thiophene rings is 1. The molecule has 0 aliphatic heterocycles. The average Bonchev–Trinajstić information content (AvgIpc) is 2.91. The van der Waals surface area contributed by atoms with Gasteiger partial charge in [0.1, 0.15) is 0 Å². The van der Waals surface area contributed by atoms with Gasteiger partial charge in [0.2, 0.25) is 0 Å². The largest absolute Gasteiger partial charge is 0.309 e. The molecule has 2 rings (SSSR count). The Balaban J connectivity index is 2.20. The number of hydrogen-bond acceptors (Lipinski definition) is 4. The highest BCUT2D eigenvalue weighted by Crippen LogP contribution is 2.32. The van der Waals surface area contributed by atoms with Crippen LogP contribution >= 0.6 is 38.6 Å². The van der Waals surface area contributed by atoms with Crippen molar-refractivity contribution < 1.29 is 0 Å². The first-order chi connectivity index (χ1) is 9.11. The standard InChI is InChI=1S/C14H19BrN2S2/c1-4-6-16-12(8-13-11(15)5-7-18-13)14-9(2)17-10(3)19-14/h5,7,12,16H,4,6,8H2,1-3H3. The monoisotopic (exact) mass is 358 g/mol. The fourth-order valence-electron chi connectivity index (χ4n) is 2.10. The molecule has 0 spiro atoms. The Bertz CT molecular complexity index is 533. The molecule has 0 saturated heterocycles. The highest BCUT2D eigenvalue weighted by molar-refractivity contribution is 9.10. The van der Waals surface area contributed by atoms with E-state index in [2.05, 4.69) is 58.4 Å². The van der Waals surface area contributed by atoms with Crippen LogP contribution in [0.25, 0.3) is 0 Å². The van der Waals surface area contributed by atoms with Crippen LogP contribution < -0.4 is 5.32 Å². The minimum atomic E-state index is 0.376. The molecule has 1 atom stereocenters. The second-order valence-electron chi connectivity index (χ2n) is 4.59. The predicted octanol–water partition coefficient (Wildman–Crippen LogP) is 4.87. The second kappa shape index (κ2) is 6.97. The average molecular weight is 359 g/mol. The molecule has 0 radical (unpaired) electrons. The van der Waals surface area contributed by atoms with Crippen molar-refractivity contribution in [3.8, 4) is 0 Å². The van der Waals surface area contributed by atoms with Crippen molar-refractivity contribution in [2.45, 2.75) is 39.7 Å². The van der Waals surface area contributed by atoms with Gasteiger partial charge in [-0.15, -0.1) is 22.7 Å². The summed E-state index contributed by atoms with van der Waals surface area (Å²) in [5, 5.41) is 6.96. The van der Waals surface area contributed by atoms with Gasteiger partial charge in [-0.2, -0.15) is 0 Å². The van der Waals surface area contributed by atoms with Gasteiger partial charge in [-0.25, -0.2) is 4.98 Å². The molecule has 0 aliphatic rings. The van der Waals surface area contributed by atoms with Crippen LogP contribution in [0.3, 0.4) is 0 Å². The maximum atomic E-state index is 4.56. The number of hydrogen-bond donors (Lipinski definition) is 1. The zero-order valence-corrected chi connectivity index (χ0v) is 14.7. The molecule has 19 heavy (non-hydrogen) atoms. The maximum absolute atomic E-state index is 4.56.